The van der Waals surface area contributed by atoms with E-state index < -0.39 is 5.82 Å². The van der Waals surface area contributed by atoms with Crippen LogP contribution in [0.25, 0.3) is 11.0 Å². The van der Waals surface area contributed by atoms with Gasteiger partial charge in [0, 0.05) is 12.1 Å². The van der Waals surface area contributed by atoms with Crippen molar-refractivity contribution < 1.29 is 4.39 Å². The highest BCUT2D eigenvalue weighted by Crippen LogP contribution is 2.32. The molecule has 2 unspecified atom stereocenters. The molecule has 0 bridgehead atoms. The first-order valence-electron chi connectivity index (χ1n) is 6.46. The molecule has 0 aliphatic carbocycles. The molecule has 104 valence electrons. The van der Waals surface area contributed by atoms with E-state index in [1.807, 2.05) is 11.5 Å². The second-order valence-electron chi connectivity index (χ2n) is 4.85. The van der Waals surface area contributed by atoms with Crippen molar-refractivity contribution in [3.05, 3.63) is 28.8 Å². The van der Waals surface area contributed by atoms with Gasteiger partial charge in [0.15, 0.2) is 0 Å². The van der Waals surface area contributed by atoms with Crippen LogP contribution in [-0.2, 0) is 0 Å². The lowest BCUT2D eigenvalue weighted by atomic mass is 10.2. The van der Waals surface area contributed by atoms with Crippen molar-refractivity contribution in [3.63, 3.8) is 0 Å². The summed E-state index contributed by atoms with van der Waals surface area (Å²) in [4.78, 5) is 4.50. The Morgan fingerprint density at radius 3 is 2.63 bits per heavy atom. The van der Waals surface area contributed by atoms with Gasteiger partial charge in [0.05, 0.1) is 21.4 Å². The zero-order valence-corrected chi connectivity index (χ0v) is 12.8. The second-order valence-corrected chi connectivity index (χ2v) is 5.91. The topological polar surface area (TPSA) is 17.8 Å². The molecule has 0 saturated carbocycles. The standard InChI is InChI=1S/C14H17Cl2FN2/c1-4-5-8(2)19-13-7-11(17)10(16)6-12(13)18-14(19)9(3)15/h6-9H,4-5H2,1-3H3. The minimum absolute atomic E-state index is 0.0917. The van der Waals surface area contributed by atoms with Crippen LogP contribution in [0.2, 0.25) is 5.02 Å². The molecule has 0 aliphatic rings. The van der Waals surface area contributed by atoms with Gasteiger partial charge in [0.25, 0.3) is 0 Å². The largest absolute Gasteiger partial charge is 0.324 e. The predicted octanol–water partition coefficient (Wildman–Crippen LogP) is 5.49. The molecule has 0 aliphatic heterocycles. The fourth-order valence-corrected chi connectivity index (χ4v) is 2.71. The summed E-state index contributed by atoms with van der Waals surface area (Å²) in [5, 5.41) is -0.136. The van der Waals surface area contributed by atoms with Crippen molar-refractivity contribution >= 4 is 34.2 Å². The van der Waals surface area contributed by atoms with Crippen LogP contribution in [0.4, 0.5) is 4.39 Å². The molecule has 0 amide bonds. The maximum atomic E-state index is 13.7. The highest BCUT2D eigenvalue weighted by atomic mass is 35.5. The molecule has 1 aromatic carbocycles. The summed E-state index contributed by atoms with van der Waals surface area (Å²) in [5.41, 5.74) is 1.45. The third kappa shape index (κ3) is 2.72. The van der Waals surface area contributed by atoms with E-state index in [1.54, 1.807) is 6.07 Å². The Morgan fingerprint density at radius 2 is 2.05 bits per heavy atom. The van der Waals surface area contributed by atoms with E-state index in [2.05, 4.69) is 18.8 Å². The lowest BCUT2D eigenvalue weighted by Crippen LogP contribution is -2.09. The fourth-order valence-electron chi connectivity index (χ4n) is 2.40. The number of rotatable bonds is 4. The first-order valence-corrected chi connectivity index (χ1v) is 7.28. The quantitative estimate of drug-likeness (QED) is 0.683. The third-order valence-corrected chi connectivity index (χ3v) is 3.75. The first kappa shape index (κ1) is 14.6. The Balaban J connectivity index is 2.69. The third-order valence-electron chi connectivity index (χ3n) is 3.26. The smallest absolute Gasteiger partial charge is 0.144 e. The zero-order chi connectivity index (χ0) is 14.2. The number of imidazole rings is 1. The van der Waals surface area contributed by atoms with E-state index in [1.165, 1.54) is 6.07 Å². The van der Waals surface area contributed by atoms with Crippen molar-refractivity contribution in [3.8, 4) is 0 Å². The number of fused-ring (bicyclic) bond motifs is 1. The highest BCUT2D eigenvalue weighted by Gasteiger charge is 2.20. The molecule has 2 aromatic rings. The molecule has 19 heavy (non-hydrogen) atoms. The van der Waals surface area contributed by atoms with Crippen LogP contribution in [-0.4, -0.2) is 9.55 Å². The van der Waals surface area contributed by atoms with Crippen LogP contribution in [0.15, 0.2) is 12.1 Å². The van der Waals surface area contributed by atoms with Crippen molar-refractivity contribution in [2.45, 2.75) is 45.0 Å². The number of alkyl halides is 1. The monoisotopic (exact) mass is 302 g/mol. The molecule has 1 aromatic heterocycles. The Bertz CT molecular complexity index is 593. The van der Waals surface area contributed by atoms with E-state index >= 15 is 0 Å². The molecule has 0 spiro atoms. The fraction of sp³-hybridized carbons (Fsp3) is 0.500. The van der Waals surface area contributed by atoms with Gasteiger partial charge in [0.1, 0.15) is 11.6 Å². The molecule has 2 atom stereocenters. The van der Waals surface area contributed by atoms with Gasteiger partial charge in [-0.05, 0) is 26.3 Å². The van der Waals surface area contributed by atoms with Crippen LogP contribution in [0.3, 0.4) is 0 Å². The average Bonchev–Trinajstić information content (AvgIpc) is 2.69. The molecule has 0 fully saturated rings. The molecule has 2 nitrogen and oxygen atoms in total. The van der Waals surface area contributed by atoms with Gasteiger partial charge < -0.3 is 4.57 Å². The number of halogens is 3. The second kappa shape index (κ2) is 5.68. The molecular formula is C14H17Cl2FN2. The number of hydrogen-bond acceptors (Lipinski definition) is 1. The van der Waals surface area contributed by atoms with Crippen LogP contribution in [0, 0.1) is 5.82 Å². The van der Waals surface area contributed by atoms with Gasteiger partial charge in [-0.1, -0.05) is 24.9 Å². The van der Waals surface area contributed by atoms with Crippen molar-refractivity contribution in [1.82, 2.24) is 9.55 Å². The Labute approximate surface area is 122 Å². The van der Waals surface area contributed by atoms with Gasteiger partial charge in [-0.15, -0.1) is 11.6 Å². The minimum atomic E-state index is -0.423. The van der Waals surface area contributed by atoms with E-state index in [0.29, 0.717) is 5.52 Å². The summed E-state index contributed by atoms with van der Waals surface area (Å²) in [6.07, 6.45) is 2.04. The molecule has 0 radical (unpaired) electrons. The van der Waals surface area contributed by atoms with Gasteiger partial charge in [-0.25, -0.2) is 9.37 Å². The summed E-state index contributed by atoms with van der Waals surface area (Å²) in [5.74, 6) is 0.340. The van der Waals surface area contributed by atoms with Gasteiger partial charge in [0.2, 0.25) is 0 Å². The first-order chi connectivity index (χ1) is 8.95. The Morgan fingerprint density at radius 1 is 1.37 bits per heavy atom. The summed E-state index contributed by atoms with van der Waals surface area (Å²) in [7, 11) is 0. The van der Waals surface area contributed by atoms with Gasteiger partial charge in [-0.3, -0.25) is 0 Å². The molecular weight excluding hydrogens is 286 g/mol. The van der Waals surface area contributed by atoms with Gasteiger partial charge >= 0.3 is 0 Å². The van der Waals surface area contributed by atoms with E-state index in [0.717, 1.165) is 24.2 Å². The molecule has 0 N–H and O–H groups in total. The highest BCUT2D eigenvalue weighted by molar-refractivity contribution is 6.31. The number of hydrogen-bond donors (Lipinski definition) is 0. The van der Waals surface area contributed by atoms with E-state index in [4.69, 9.17) is 23.2 Å². The summed E-state index contributed by atoms with van der Waals surface area (Å²) >= 11 is 12.0. The minimum Gasteiger partial charge on any atom is -0.324 e. The predicted molar refractivity (Wildman–Crippen MR) is 78.6 cm³/mol. The Kier molecular flexibility index (Phi) is 4.36. The molecule has 1 heterocycles. The number of benzene rings is 1. The van der Waals surface area contributed by atoms with Crippen LogP contribution < -0.4 is 0 Å². The summed E-state index contributed by atoms with van der Waals surface area (Å²) in [6.45, 7) is 6.09. The number of nitrogens with zero attached hydrogens (tertiary/aromatic N) is 2. The maximum absolute atomic E-state index is 13.7. The average molecular weight is 303 g/mol. The number of aromatic nitrogens is 2. The molecule has 0 saturated heterocycles. The van der Waals surface area contributed by atoms with Crippen LogP contribution in [0.5, 0.6) is 0 Å². The lowest BCUT2D eigenvalue weighted by Gasteiger charge is -2.18. The van der Waals surface area contributed by atoms with Crippen molar-refractivity contribution in [2.75, 3.05) is 0 Å². The molecule has 5 heteroatoms. The summed E-state index contributed by atoms with van der Waals surface area (Å²) < 4.78 is 15.7. The normalized spacial score (nSPS) is 14.8. The maximum Gasteiger partial charge on any atom is 0.144 e. The van der Waals surface area contributed by atoms with Crippen molar-refractivity contribution in [1.29, 1.82) is 0 Å². The van der Waals surface area contributed by atoms with Crippen LogP contribution in [0.1, 0.15) is 50.9 Å². The Hall–Kier alpha value is -0.800. The summed E-state index contributed by atoms with van der Waals surface area (Å²) in [6, 6.07) is 3.23. The SMILES string of the molecule is CCCC(C)n1c(C(C)Cl)nc2cc(Cl)c(F)cc21. The van der Waals surface area contributed by atoms with Crippen molar-refractivity contribution in [2.24, 2.45) is 0 Å². The zero-order valence-electron chi connectivity index (χ0n) is 11.3. The molecule has 2 rings (SSSR count). The van der Waals surface area contributed by atoms with E-state index in [9.17, 15) is 4.39 Å². The van der Waals surface area contributed by atoms with Crippen LogP contribution >= 0.6 is 23.2 Å². The van der Waals surface area contributed by atoms with Gasteiger partial charge in [-0.2, -0.15) is 0 Å². The lowest BCUT2D eigenvalue weighted by molar-refractivity contribution is 0.493. The van der Waals surface area contributed by atoms with E-state index in [-0.39, 0.29) is 16.4 Å².